The highest BCUT2D eigenvalue weighted by atomic mass is 16.5. The van der Waals surface area contributed by atoms with Crippen LogP contribution in [0.5, 0.6) is 0 Å². The van der Waals surface area contributed by atoms with Gasteiger partial charge in [0.25, 0.3) is 0 Å². The lowest BCUT2D eigenvalue weighted by Crippen LogP contribution is -2.10. The molecule has 1 saturated carbocycles. The summed E-state index contributed by atoms with van der Waals surface area (Å²) in [5.74, 6) is 0.505. The first-order valence-corrected chi connectivity index (χ1v) is 7.25. The summed E-state index contributed by atoms with van der Waals surface area (Å²) in [6.07, 6.45) is 4.24. The predicted molar refractivity (Wildman–Crippen MR) is 77.2 cm³/mol. The molecule has 2 N–H and O–H groups in total. The number of nitrogens with zero attached hydrogens (tertiary/aromatic N) is 1. The maximum atomic E-state index is 11.0. The Balaban J connectivity index is 1.75. The summed E-state index contributed by atoms with van der Waals surface area (Å²) in [6, 6.07) is 3.19. The van der Waals surface area contributed by atoms with Gasteiger partial charge in [0, 0.05) is 25.5 Å². The zero-order chi connectivity index (χ0) is 14.4. The molecule has 0 radical (unpaired) electrons. The van der Waals surface area contributed by atoms with E-state index in [0.29, 0.717) is 5.82 Å². The number of rotatable bonds is 9. The number of hydrogen-bond donors (Lipinski definition) is 2. The maximum absolute atomic E-state index is 11.0. The molecule has 1 aromatic rings. The Bertz CT molecular complexity index is 458. The zero-order valence-electron chi connectivity index (χ0n) is 11.9. The second-order valence-electron chi connectivity index (χ2n) is 5.19. The van der Waals surface area contributed by atoms with Crippen molar-refractivity contribution in [1.29, 1.82) is 0 Å². The van der Waals surface area contributed by atoms with Gasteiger partial charge in [-0.15, -0.1) is 0 Å². The van der Waals surface area contributed by atoms with E-state index in [1.165, 1.54) is 12.8 Å². The number of pyridine rings is 1. The number of aromatic nitrogens is 1. The first kappa shape index (κ1) is 14.8. The minimum Gasteiger partial charge on any atom is -0.478 e. The molecule has 2 rings (SSSR count). The molecular weight excluding hydrogens is 256 g/mol. The Labute approximate surface area is 119 Å². The van der Waals surface area contributed by atoms with Crippen LogP contribution in [0.15, 0.2) is 12.1 Å². The van der Waals surface area contributed by atoms with Crippen LogP contribution in [0.2, 0.25) is 0 Å². The quantitative estimate of drug-likeness (QED) is 0.679. The van der Waals surface area contributed by atoms with Crippen LogP contribution in [0, 0.1) is 5.92 Å². The molecule has 20 heavy (non-hydrogen) atoms. The summed E-state index contributed by atoms with van der Waals surface area (Å²) in [5, 5.41) is 12.2. The SMILES string of the molecule is CCc1cc(C(=O)O)cc(NCCCOCC2CC2)n1. The number of hydrogen-bond acceptors (Lipinski definition) is 4. The van der Waals surface area contributed by atoms with Crippen LogP contribution < -0.4 is 5.32 Å². The molecule has 1 aromatic heterocycles. The fraction of sp³-hybridized carbons (Fsp3) is 0.600. The highest BCUT2D eigenvalue weighted by Crippen LogP contribution is 2.28. The summed E-state index contributed by atoms with van der Waals surface area (Å²) < 4.78 is 5.55. The molecule has 5 nitrogen and oxygen atoms in total. The Morgan fingerprint density at radius 1 is 1.50 bits per heavy atom. The molecule has 0 unspecified atom stereocenters. The summed E-state index contributed by atoms with van der Waals surface area (Å²) in [6.45, 7) is 4.32. The highest BCUT2D eigenvalue weighted by Gasteiger charge is 2.20. The largest absolute Gasteiger partial charge is 0.478 e. The summed E-state index contributed by atoms with van der Waals surface area (Å²) in [7, 11) is 0. The molecule has 110 valence electrons. The average Bonchev–Trinajstić information content (AvgIpc) is 3.26. The molecule has 0 bridgehead atoms. The van der Waals surface area contributed by atoms with Crippen molar-refractivity contribution in [3.8, 4) is 0 Å². The molecular formula is C15H22N2O3. The molecule has 1 heterocycles. The van der Waals surface area contributed by atoms with Crippen molar-refractivity contribution in [1.82, 2.24) is 4.98 Å². The topological polar surface area (TPSA) is 71.5 Å². The van der Waals surface area contributed by atoms with Gasteiger partial charge in [-0.25, -0.2) is 9.78 Å². The smallest absolute Gasteiger partial charge is 0.335 e. The van der Waals surface area contributed by atoms with E-state index in [2.05, 4.69) is 10.3 Å². The minimum absolute atomic E-state index is 0.282. The highest BCUT2D eigenvalue weighted by molar-refractivity contribution is 5.88. The van der Waals surface area contributed by atoms with E-state index in [0.717, 1.165) is 44.2 Å². The number of carbonyl (C=O) groups is 1. The number of anilines is 1. The van der Waals surface area contributed by atoms with Crippen LogP contribution >= 0.6 is 0 Å². The first-order chi connectivity index (χ1) is 9.69. The normalized spacial score (nSPS) is 14.2. The van der Waals surface area contributed by atoms with Gasteiger partial charge in [0.15, 0.2) is 0 Å². The van der Waals surface area contributed by atoms with Crippen LogP contribution in [0.3, 0.4) is 0 Å². The first-order valence-electron chi connectivity index (χ1n) is 7.25. The number of carboxylic acids is 1. The van der Waals surface area contributed by atoms with Crippen LogP contribution in [0.25, 0.3) is 0 Å². The fourth-order valence-electron chi connectivity index (χ4n) is 1.91. The second-order valence-corrected chi connectivity index (χ2v) is 5.19. The lowest BCUT2D eigenvalue weighted by atomic mass is 10.2. The van der Waals surface area contributed by atoms with Crippen molar-refractivity contribution in [2.45, 2.75) is 32.6 Å². The molecule has 1 aliphatic rings. The minimum atomic E-state index is -0.919. The van der Waals surface area contributed by atoms with Crippen molar-refractivity contribution in [2.24, 2.45) is 5.92 Å². The number of aromatic carboxylic acids is 1. The van der Waals surface area contributed by atoms with Crippen LogP contribution in [0.1, 0.15) is 42.2 Å². The standard InChI is InChI=1S/C15H22N2O3/c1-2-13-8-12(15(18)19)9-14(17-13)16-6-3-7-20-10-11-4-5-11/h8-9,11H,2-7,10H2,1H3,(H,16,17)(H,18,19). The van der Waals surface area contributed by atoms with E-state index in [1.54, 1.807) is 12.1 Å². The molecule has 0 amide bonds. The Morgan fingerprint density at radius 2 is 2.30 bits per heavy atom. The molecule has 0 spiro atoms. The van der Waals surface area contributed by atoms with Gasteiger partial charge in [-0.3, -0.25) is 0 Å². The fourth-order valence-corrected chi connectivity index (χ4v) is 1.91. The molecule has 0 atom stereocenters. The maximum Gasteiger partial charge on any atom is 0.335 e. The van der Waals surface area contributed by atoms with Crippen molar-refractivity contribution in [3.63, 3.8) is 0 Å². The third-order valence-electron chi connectivity index (χ3n) is 3.31. The number of aryl methyl sites for hydroxylation is 1. The summed E-state index contributed by atoms with van der Waals surface area (Å²) in [5.41, 5.74) is 1.07. The van der Waals surface area contributed by atoms with E-state index in [-0.39, 0.29) is 5.56 Å². The van der Waals surface area contributed by atoms with Gasteiger partial charge in [-0.05, 0) is 43.7 Å². The summed E-state index contributed by atoms with van der Waals surface area (Å²) >= 11 is 0. The van der Waals surface area contributed by atoms with Gasteiger partial charge in [0.05, 0.1) is 5.56 Å². The van der Waals surface area contributed by atoms with Crippen molar-refractivity contribution in [3.05, 3.63) is 23.4 Å². The Hall–Kier alpha value is -1.62. The molecule has 0 aliphatic heterocycles. The van der Waals surface area contributed by atoms with Crippen molar-refractivity contribution in [2.75, 3.05) is 25.1 Å². The van der Waals surface area contributed by atoms with E-state index < -0.39 is 5.97 Å². The number of ether oxygens (including phenoxy) is 1. The lowest BCUT2D eigenvalue weighted by molar-refractivity contribution is 0.0696. The third kappa shape index (κ3) is 4.81. The van der Waals surface area contributed by atoms with E-state index >= 15 is 0 Å². The molecule has 1 fully saturated rings. The van der Waals surface area contributed by atoms with E-state index in [1.807, 2.05) is 6.92 Å². The van der Waals surface area contributed by atoms with Gasteiger partial charge in [0.2, 0.25) is 0 Å². The predicted octanol–water partition coefficient (Wildman–Crippen LogP) is 2.57. The van der Waals surface area contributed by atoms with Crippen molar-refractivity contribution < 1.29 is 14.6 Å². The Kier molecular flexibility index (Phi) is 5.35. The van der Waals surface area contributed by atoms with Crippen molar-refractivity contribution >= 4 is 11.8 Å². The van der Waals surface area contributed by atoms with E-state index in [4.69, 9.17) is 9.84 Å². The van der Waals surface area contributed by atoms with Gasteiger partial charge >= 0.3 is 5.97 Å². The molecule has 0 aromatic carbocycles. The van der Waals surface area contributed by atoms with Crippen LogP contribution in [-0.4, -0.2) is 35.8 Å². The number of carboxylic acid groups (broad SMARTS) is 1. The number of nitrogens with one attached hydrogen (secondary N) is 1. The average molecular weight is 278 g/mol. The summed E-state index contributed by atoms with van der Waals surface area (Å²) in [4.78, 5) is 15.4. The molecule has 0 saturated heterocycles. The molecule has 1 aliphatic carbocycles. The van der Waals surface area contributed by atoms with Gasteiger partial charge in [0.1, 0.15) is 5.82 Å². The van der Waals surface area contributed by atoms with E-state index in [9.17, 15) is 4.79 Å². The Morgan fingerprint density at radius 3 is 2.95 bits per heavy atom. The zero-order valence-corrected chi connectivity index (χ0v) is 11.9. The molecule has 5 heteroatoms. The third-order valence-corrected chi connectivity index (χ3v) is 3.31. The van der Waals surface area contributed by atoms with Gasteiger partial charge in [-0.1, -0.05) is 6.92 Å². The van der Waals surface area contributed by atoms with Crippen LogP contribution in [0.4, 0.5) is 5.82 Å². The van der Waals surface area contributed by atoms with Gasteiger partial charge < -0.3 is 15.2 Å². The monoisotopic (exact) mass is 278 g/mol. The van der Waals surface area contributed by atoms with Crippen LogP contribution in [-0.2, 0) is 11.2 Å². The van der Waals surface area contributed by atoms with Gasteiger partial charge in [-0.2, -0.15) is 0 Å². The lowest BCUT2D eigenvalue weighted by Gasteiger charge is -2.09. The second kappa shape index (κ2) is 7.24.